The number of anilines is 1. The van der Waals surface area contributed by atoms with Gasteiger partial charge in [0, 0.05) is 23.9 Å². The summed E-state index contributed by atoms with van der Waals surface area (Å²) in [6.45, 7) is 4.04. The van der Waals surface area contributed by atoms with Crippen LogP contribution in [0, 0.1) is 5.92 Å². The number of amides is 2. The fourth-order valence-corrected chi connectivity index (χ4v) is 1.75. The van der Waals surface area contributed by atoms with Crippen LogP contribution in [-0.2, 0) is 4.79 Å². The monoisotopic (exact) mass is 264 g/mol. The molecular formula is C14H20N2O3. The molecule has 3 N–H and O–H groups in total. The highest BCUT2D eigenvalue weighted by atomic mass is 16.3. The highest BCUT2D eigenvalue weighted by Crippen LogP contribution is 2.11. The number of aliphatic hydroxyl groups excluding tert-OH is 1. The number of hydrogen-bond donors (Lipinski definition) is 3. The molecule has 0 saturated carbocycles. The smallest absolute Gasteiger partial charge is 0.251 e. The van der Waals surface area contributed by atoms with Crippen molar-refractivity contribution in [2.75, 3.05) is 11.9 Å². The van der Waals surface area contributed by atoms with Crippen LogP contribution < -0.4 is 10.6 Å². The molecule has 0 fully saturated rings. The molecule has 0 bridgehead atoms. The van der Waals surface area contributed by atoms with Crippen LogP contribution in [0.15, 0.2) is 24.3 Å². The van der Waals surface area contributed by atoms with Gasteiger partial charge in [-0.15, -0.1) is 0 Å². The molecule has 0 saturated heterocycles. The topological polar surface area (TPSA) is 78.4 Å². The average Bonchev–Trinajstić information content (AvgIpc) is 2.39. The molecule has 0 spiro atoms. The Morgan fingerprint density at radius 2 is 1.95 bits per heavy atom. The molecule has 0 aromatic heterocycles. The number of aliphatic hydroxyl groups is 1. The molecule has 19 heavy (non-hydrogen) atoms. The highest BCUT2D eigenvalue weighted by molar-refractivity contribution is 5.94. The van der Waals surface area contributed by atoms with Gasteiger partial charge in [-0.2, -0.15) is 0 Å². The molecule has 1 aromatic rings. The fraction of sp³-hybridized carbons (Fsp3) is 0.429. The van der Waals surface area contributed by atoms with Crippen molar-refractivity contribution in [3.8, 4) is 0 Å². The van der Waals surface area contributed by atoms with Gasteiger partial charge in [0.05, 0.1) is 0 Å². The van der Waals surface area contributed by atoms with Crippen LogP contribution in [0.2, 0.25) is 0 Å². The number of benzene rings is 1. The maximum atomic E-state index is 12.0. The largest absolute Gasteiger partial charge is 0.396 e. The predicted molar refractivity (Wildman–Crippen MR) is 73.9 cm³/mol. The Bertz CT molecular complexity index is 415. The zero-order chi connectivity index (χ0) is 14.3. The van der Waals surface area contributed by atoms with Crippen molar-refractivity contribution in [3.63, 3.8) is 0 Å². The van der Waals surface area contributed by atoms with E-state index in [0.29, 0.717) is 24.1 Å². The first-order valence-electron chi connectivity index (χ1n) is 6.30. The third kappa shape index (κ3) is 4.71. The molecule has 2 amide bonds. The van der Waals surface area contributed by atoms with Crippen molar-refractivity contribution in [2.45, 2.75) is 26.3 Å². The zero-order valence-electron chi connectivity index (χ0n) is 11.2. The van der Waals surface area contributed by atoms with Gasteiger partial charge in [0.25, 0.3) is 5.91 Å². The Morgan fingerprint density at radius 3 is 2.42 bits per heavy atom. The summed E-state index contributed by atoms with van der Waals surface area (Å²) in [5, 5.41) is 14.4. The van der Waals surface area contributed by atoms with Gasteiger partial charge >= 0.3 is 0 Å². The Kier molecular flexibility index (Phi) is 6.02. The molecule has 1 aromatic carbocycles. The predicted octanol–water partition coefficient (Wildman–Crippen LogP) is 1.39. The second-order valence-electron chi connectivity index (χ2n) is 4.68. The summed E-state index contributed by atoms with van der Waals surface area (Å²) in [6, 6.07) is 6.58. The van der Waals surface area contributed by atoms with Gasteiger partial charge in [-0.25, -0.2) is 0 Å². The Balaban J connectivity index is 2.68. The van der Waals surface area contributed by atoms with E-state index < -0.39 is 0 Å². The Morgan fingerprint density at radius 1 is 1.32 bits per heavy atom. The molecule has 1 unspecified atom stereocenters. The Labute approximate surface area is 113 Å². The van der Waals surface area contributed by atoms with Crippen molar-refractivity contribution in [2.24, 2.45) is 5.92 Å². The molecule has 104 valence electrons. The van der Waals surface area contributed by atoms with E-state index in [-0.39, 0.29) is 24.5 Å². The summed E-state index contributed by atoms with van der Waals surface area (Å²) in [7, 11) is 0. The second kappa shape index (κ2) is 7.53. The second-order valence-corrected chi connectivity index (χ2v) is 4.68. The minimum Gasteiger partial charge on any atom is -0.396 e. The molecule has 0 aliphatic carbocycles. The highest BCUT2D eigenvalue weighted by Gasteiger charge is 2.16. The lowest BCUT2D eigenvalue weighted by atomic mass is 10.0. The third-order valence-corrected chi connectivity index (χ3v) is 2.93. The van der Waals surface area contributed by atoms with Crippen molar-refractivity contribution in [1.29, 1.82) is 0 Å². The first-order valence-corrected chi connectivity index (χ1v) is 6.30. The molecule has 5 heteroatoms. The van der Waals surface area contributed by atoms with Crippen LogP contribution >= 0.6 is 0 Å². The number of nitrogens with one attached hydrogen (secondary N) is 2. The summed E-state index contributed by atoms with van der Waals surface area (Å²) < 4.78 is 0. The van der Waals surface area contributed by atoms with E-state index in [0.717, 1.165) is 0 Å². The molecular weight excluding hydrogens is 244 g/mol. The van der Waals surface area contributed by atoms with Gasteiger partial charge in [-0.3, -0.25) is 9.59 Å². The van der Waals surface area contributed by atoms with Crippen LogP contribution in [0.3, 0.4) is 0 Å². The number of carbonyl (C=O) groups excluding carboxylic acids is 2. The molecule has 0 aliphatic rings. The van der Waals surface area contributed by atoms with E-state index >= 15 is 0 Å². The van der Waals surface area contributed by atoms with Crippen molar-refractivity contribution in [3.05, 3.63) is 29.8 Å². The maximum absolute atomic E-state index is 12.0. The zero-order valence-corrected chi connectivity index (χ0v) is 11.2. The summed E-state index contributed by atoms with van der Waals surface area (Å²) in [5.41, 5.74) is 1.17. The maximum Gasteiger partial charge on any atom is 0.251 e. The van der Waals surface area contributed by atoms with E-state index in [1.165, 1.54) is 0 Å². The first kappa shape index (κ1) is 15.2. The minimum atomic E-state index is -0.176. The van der Waals surface area contributed by atoms with Crippen LogP contribution in [0.4, 0.5) is 5.69 Å². The number of carbonyl (C=O) groups is 2. The standard InChI is InChI=1S/C14H20N2O3/c1-10(2)13(7-8-17)16-14(19)11-3-5-12(6-4-11)15-9-18/h3-6,9-10,13,17H,7-8H2,1-2H3,(H,15,18)(H,16,19). The lowest BCUT2D eigenvalue weighted by Gasteiger charge is -2.21. The molecule has 0 heterocycles. The van der Waals surface area contributed by atoms with Crippen molar-refractivity contribution >= 4 is 18.0 Å². The summed E-state index contributed by atoms with van der Waals surface area (Å²) in [4.78, 5) is 22.3. The number of hydrogen-bond acceptors (Lipinski definition) is 3. The Hall–Kier alpha value is -1.88. The summed E-state index contributed by atoms with van der Waals surface area (Å²) >= 11 is 0. The van der Waals surface area contributed by atoms with Gasteiger partial charge in [0.15, 0.2) is 0 Å². The fourth-order valence-electron chi connectivity index (χ4n) is 1.75. The number of rotatable bonds is 7. The van der Waals surface area contributed by atoms with Crippen LogP contribution in [0.1, 0.15) is 30.6 Å². The van der Waals surface area contributed by atoms with Gasteiger partial charge in [-0.05, 0) is 36.6 Å². The van der Waals surface area contributed by atoms with Crippen molar-refractivity contribution in [1.82, 2.24) is 5.32 Å². The summed E-state index contributed by atoms with van der Waals surface area (Å²) in [6.07, 6.45) is 1.12. The van der Waals surface area contributed by atoms with E-state index in [9.17, 15) is 9.59 Å². The lowest BCUT2D eigenvalue weighted by Crippen LogP contribution is -2.39. The van der Waals surface area contributed by atoms with Crippen LogP contribution in [-0.4, -0.2) is 30.1 Å². The summed E-state index contributed by atoms with van der Waals surface area (Å²) in [5.74, 6) is 0.0805. The first-order chi connectivity index (χ1) is 9.08. The van der Waals surface area contributed by atoms with Gasteiger partial charge in [-0.1, -0.05) is 13.8 Å². The third-order valence-electron chi connectivity index (χ3n) is 2.93. The quantitative estimate of drug-likeness (QED) is 0.651. The van der Waals surface area contributed by atoms with Gasteiger partial charge < -0.3 is 15.7 Å². The molecule has 1 rings (SSSR count). The van der Waals surface area contributed by atoms with Crippen molar-refractivity contribution < 1.29 is 14.7 Å². The normalized spacial score (nSPS) is 12.0. The minimum absolute atomic E-state index is 0.0469. The molecule has 0 aliphatic heterocycles. The lowest BCUT2D eigenvalue weighted by molar-refractivity contribution is -0.105. The molecule has 0 radical (unpaired) electrons. The SMILES string of the molecule is CC(C)C(CCO)NC(=O)c1ccc(NC=O)cc1. The van der Waals surface area contributed by atoms with Crippen LogP contribution in [0.5, 0.6) is 0 Å². The average molecular weight is 264 g/mol. The molecule has 5 nitrogen and oxygen atoms in total. The van der Waals surface area contributed by atoms with Gasteiger partial charge in [0.2, 0.25) is 6.41 Å². The van der Waals surface area contributed by atoms with Gasteiger partial charge in [0.1, 0.15) is 0 Å². The van der Waals surface area contributed by atoms with E-state index in [4.69, 9.17) is 5.11 Å². The molecule has 1 atom stereocenters. The van der Waals surface area contributed by atoms with E-state index in [1.807, 2.05) is 13.8 Å². The van der Waals surface area contributed by atoms with E-state index in [1.54, 1.807) is 24.3 Å². The van der Waals surface area contributed by atoms with Crippen LogP contribution in [0.25, 0.3) is 0 Å². The van der Waals surface area contributed by atoms with E-state index in [2.05, 4.69) is 10.6 Å².